The third-order valence-electron chi connectivity index (χ3n) is 5.87. The van der Waals surface area contributed by atoms with Gasteiger partial charge in [-0.1, -0.05) is 12.1 Å². The minimum Gasteiger partial charge on any atom is -0.322 e. The fourth-order valence-corrected chi connectivity index (χ4v) is 6.39. The number of rotatable bonds is 6. The van der Waals surface area contributed by atoms with Crippen molar-refractivity contribution in [1.82, 2.24) is 19.1 Å². The van der Waals surface area contributed by atoms with Gasteiger partial charge in [0.05, 0.1) is 32.6 Å². The van der Waals surface area contributed by atoms with Gasteiger partial charge in [-0.15, -0.1) is 11.3 Å². The number of carbonyl (C=O) groups excluding carboxylic acids is 1. The van der Waals surface area contributed by atoms with Gasteiger partial charge in [-0.05, 0) is 62.4 Å². The molecule has 1 aliphatic rings. The second kappa shape index (κ2) is 8.94. The van der Waals surface area contributed by atoms with E-state index in [0.29, 0.717) is 41.1 Å². The van der Waals surface area contributed by atoms with Crippen molar-refractivity contribution in [3.8, 4) is 10.6 Å². The summed E-state index contributed by atoms with van der Waals surface area (Å²) in [4.78, 5) is 19.3. The number of nitrogens with zero attached hydrogens (tertiary/aromatic N) is 4. The van der Waals surface area contributed by atoms with Gasteiger partial charge in [0.25, 0.3) is 5.91 Å². The molecule has 1 saturated heterocycles. The maximum atomic E-state index is 13.4. The molecule has 1 aromatic carbocycles. The van der Waals surface area contributed by atoms with Crippen molar-refractivity contribution in [3.63, 3.8) is 0 Å². The van der Waals surface area contributed by atoms with Crippen LogP contribution in [0, 0.1) is 0 Å². The SMILES string of the molecule is CC(C)n1ncc2c(C(=O)Nc3cccc(S(=O)(=O)N4CCCC4)c3)cc(-c3cccs3)nc21. The zero-order chi connectivity index (χ0) is 23.9. The Bertz CT molecular complexity index is 1450. The van der Waals surface area contributed by atoms with Crippen molar-refractivity contribution in [3.05, 3.63) is 59.6 Å². The Balaban J connectivity index is 1.52. The molecule has 1 amide bonds. The molecule has 0 atom stereocenters. The largest absolute Gasteiger partial charge is 0.322 e. The number of sulfonamides is 1. The van der Waals surface area contributed by atoms with Crippen LogP contribution in [-0.4, -0.2) is 46.5 Å². The van der Waals surface area contributed by atoms with Crippen LogP contribution in [0.5, 0.6) is 0 Å². The van der Waals surface area contributed by atoms with Crippen molar-refractivity contribution in [1.29, 1.82) is 0 Å². The van der Waals surface area contributed by atoms with Crippen molar-refractivity contribution < 1.29 is 13.2 Å². The number of carbonyl (C=O) groups is 1. The average Bonchev–Trinajstić information content (AvgIpc) is 3.60. The lowest BCUT2D eigenvalue weighted by Gasteiger charge is -2.16. The summed E-state index contributed by atoms with van der Waals surface area (Å²) in [5.74, 6) is -0.343. The molecule has 0 bridgehead atoms. The molecule has 0 radical (unpaired) electrons. The van der Waals surface area contributed by atoms with Crippen LogP contribution in [0.3, 0.4) is 0 Å². The number of fused-ring (bicyclic) bond motifs is 1. The maximum Gasteiger partial charge on any atom is 0.256 e. The Morgan fingerprint density at radius 1 is 1.12 bits per heavy atom. The van der Waals surface area contributed by atoms with Gasteiger partial charge in [-0.3, -0.25) is 4.79 Å². The highest BCUT2D eigenvalue weighted by molar-refractivity contribution is 7.89. The quantitative estimate of drug-likeness (QED) is 0.415. The Labute approximate surface area is 202 Å². The highest BCUT2D eigenvalue weighted by Gasteiger charge is 2.27. The van der Waals surface area contributed by atoms with Gasteiger partial charge in [-0.2, -0.15) is 9.40 Å². The van der Waals surface area contributed by atoms with Crippen molar-refractivity contribution in [2.75, 3.05) is 18.4 Å². The molecule has 0 unspecified atom stereocenters. The number of anilines is 1. The summed E-state index contributed by atoms with van der Waals surface area (Å²) in [5.41, 5.74) is 2.19. The third-order valence-corrected chi connectivity index (χ3v) is 8.66. The van der Waals surface area contributed by atoms with Crippen LogP contribution in [0.4, 0.5) is 5.69 Å². The van der Waals surface area contributed by atoms with Gasteiger partial charge in [0, 0.05) is 24.8 Å². The van der Waals surface area contributed by atoms with Crippen LogP contribution >= 0.6 is 11.3 Å². The number of hydrogen-bond acceptors (Lipinski definition) is 6. The molecule has 1 fully saturated rings. The molecule has 10 heteroatoms. The van der Waals surface area contributed by atoms with Crippen molar-refractivity contribution >= 4 is 44.0 Å². The summed E-state index contributed by atoms with van der Waals surface area (Å²) in [6.07, 6.45) is 3.39. The smallest absolute Gasteiger partial charge is 0.256 e. The summed E-state index contributed by atoms with van der Waals surface area (Å²) in [6, 6.07) is 12.2. The van der Waals surface area contributed by atoms with Crippen LogP contribution in [-0.2, 0) is 10.0 Å². The van der Waals surface area contributed by atoms with E-state index in [2.05, 4.69) is 10.4 Å². The molecule has 4 aromatic rings. The van der Waals surface area contributed by atoms with E-state index in [1.54, 1.807) is 46.5 Å². The topological polar surface area (TPSA) is 97.2 Å². The molecule has 176 valence electrons. The number of benzene rings is 1. The summed E-state index contributed by atoms with van der Waals surface area (Å²) < 4.78 is 29.2. The fourth-order valence-electron chi connectivity index (χ4n) is 4.14. The van der Waals surface area contributed by atoms with Crippen LogP contribution in [0.15, 0.2) is 58.9 Å². The van der Waals surface area contributed by atoms with E-state index in [1.807, 2.05) is 31.4 Å². The van der Waals surface area contributed by atoms with E-state index in [1.165, 1.54) is 10.4 Å². The van der Waals surface area contributed by atoms with E-state index >= 15 is 0 Å². The number of hydrogen-bond donors (Lipinski definition) is 1. The lowest BCUT2D eigenvalue weighted by molar-refractivity contribution is 0.102. The van der Waals surface area contributed by atoms with E-state index in [4.69, 9.17) is 4.98 Å². The molecule has 5 rings (SSSR count). The van der Waals surface area contributed by atoms with Gasteiger partial charge in [0.2, 0.25) is 10.0 Å². The molecular formula is C24H25N5O3S2. The van der Waals surface area contributed by atoms with Crippen LogP contribution in [0.1, 0.15) is 43.1 Å². The first-order valence-electron chi connectivity index (χ1n) is 11.2. The minimum atomic E-state index is -3.58. The molecule has 1 aliphatic heterocycles. The third kappa shape index (κ3) is 4.13. The van der Waals surface area contributed by atoms with Crippen molar-refractivity contribution in [2.45, 2.75) is 37.6 Å². The minimum absolute atomic E-state index is 0.0759. The van der Waals surface area contributed by atoms with Crippen LogP contribution < -0.4 is 5.32 Å². The zero-order valence-electron chi connectivity index (χ0n) is 18.9. The summed E-state index contributed by atoms with van der Waals surface area (Å²) in [5, 5.41) is 9.94. The molecule has 34 heavy (non-hydrogen) atoms. The number of pyridine rings is 1. The van der Waals surface area contributed by atoms with E-state index < -0.39 is 10.0 Å². The standard InChI is InChI=1S/C24H25N5O3S2/c1-16(2)29-23-20(15-25-29)19(14-21(27-23)22-9-6-12-33-22)24(30)26-17-7-5-8-18(13-17)34(31,32)28-10-3-4-11-28/h5-9,12-16H,3-4,10-11H2,1-2H3,(H,26,30). The Kier molecular flexibility index (Phi) is 5.97. The van der Waals surface area contributed by atoms with Gasteiger partial charge >= 0.3 is 0 Å². The van der Waals surface area contributed by atoms with Gasteiger partial charge in [0.1, 0.15) is 0 Å². The van der Waals surface area contributed by atoms with E-state index in [9.17, 15) is 13.2 Å². The molecule has 4 heterocycles. The highest BCUT2D eigenvalue weighted by Crippen LogP contribution is 2.30. The Morgan fingerprint density at radius 3 is 2.62 bits per heavy atom. The summed E-state index contributed by atoms with van der Waals surface area (Å²) in [7, 11) is -3.58. The molecule has 0 spiro atoms. The van der Waals surface area contributed by atoms with Crippen LogP contribution in [0.25, 0.3) is 21.6 Å². The molecule has 1 N–H and O–H groups in total. The lowest BCUT2D eigenvalue weighted by atomic mass is 10.1. The average molecular weight is 496 g/mol. The first-order valence-corrected chi connectivity index (χ1v) is 13.5. The first-order chi connectivity index (χ1) is 16.3. The fraction of sp³-hybridized carbons (Fsp3) is 0.292. The predicted molar refractivity (Wildman–Crippen MR) is 134 cm³/mol. The van der Waals surface area contributed by atoms with E-state index in [-0.39, 0.29) is 16.8 Å². The molecular weight excluding hydrogens is 470 g/mol. The number of thiophene rings is 1. The zero-order valence-corrected chi connectivity index (χ0v) is 20.6. The maximum absolute atomic E-state index is 13.4. The lowest BCUT2D eigenvalue weighted by Crippen LogP contribution is -2.27. The second-order valence-electron chi connectivity index (χ2n) is 8.55. The Hall–Kier alpha value is -3.08. The monoisotopic (exact) mass is 495 g/mol. The molecule has 0 saturated carbocycles. The number of nitrogens with one attached hydrogen (secondary N) is 1. The molecule has 0 aliphatic carbocycles. The number of aromatic nitrogens is 3. The van der Waals surface area contributed by atoms with E-state index in [0.717, 1.165) is 17.7 Å². The summed E-state index contributed by atoms with van der Waals surface area (Å²) >= 11 is 1.55. The second-order valence-corrected chi connectivity index (χ2v) is 11.4. The molecule has 8 nitrogen and oxygen atoms in total. The normalized spacial score (nSPS) is 14.8. The Morgan fingerprint density at radius 2 is 1.91 bits per heavy atom. The van der Waals surface area contributed by atoms with Gasteiger partial charge in [0.15, 0.2) is 5.65 Å². The highest BCUT2D eigenvalue weighted by atomic mass is 32.2. The van der Waals surface area contributed by atoms with Gasteiger partial charge in [-0.25, -0.2) is 18.1 Å². The summed E-state index contributed by atoms with van der Waals surface area (Å²) in [6.45, 7) is 5.08. The first kappa shape index (κ1) is 22.7. The number of amides is 1. The van der Waals surface area contributed by atoms with Crippen molar-refractivity contribution in [2.24, 2.45) is 0 Å². The molecule has 3 aromatic heterocycles. The predicted octanol–water partition coefficient (Wildman–Crippen LogP) is 4.78. The van der Waals surface area contributed by atoms with Gasteiger partial charge < -0.3 is 5.32 Å². The van der Waals surface area contributed by atoms with Crippen LogP contribution in [0.2, 0.25) is 0 Å².